The number of ether oxygens (including phenoxy) is 1. The molecule has 1 aliphatic heterocycles. The molecule has 1 fully saturated rings. The lowest BCUT2D eigenvalue weighted by Gasteiger charge is -2.25. The van der Waals surface area contributed by atoms with E-state index in [0.29, 0.717) is 0 Å². The van der Waals surface area contributed by atoms with Gasteiger partial charge in [0.15, 0.2) is 0 Å². The topological polar surface area (TPSA) is 25.4 Å². The molecule has 4 heteroatoms. The SMILES string of the molecule is Cc1cc(SN2CCOCC2)c(C)cn1. The first-order chi connectivity index (χ1) is 7.25. The summed E-state index contributed by atoms with van der Waals surface area (Å²) in [6.07, 6.45) is 1.94. The first-order valence-electron chi connectivity index (χ1n) is 5.19. The van der Waals surface area contributed by atoms with E-state index in [1.165, 1.54) is 10.5 Å². The lowest BCUT2D eigenvalue weighted by Crippen LogP contribution is -2.31. The molecule has 0 N–H and O–H groups in total. The summed E-state index contributed by atoms with van der Waals surface area (Å²) in [7, 11) is 0. The van der Waals surface area contributed by atoms with Crippen LogP contribution in [0.3, 0.4) is 0 Å². The van der Waals surface area contributed by atoms with Crippen LogP contribution in [0.2, 0.25) is 0 Å². The Morgan fingerprint density at radius 1 is 1.33 bits per heavy atom. The maximum Gasteiger partial charge on any atom is 0.0603 e. The van der Waals surface area contributed by atoms with Gasteiger partial charge in [-0.2, -0.15) is 0 Å². The van der Waals surface area contributed by atoms with Crippen molar-refractivity contribution in [1.82, 2.24) is 9.29 Å². The molecule has 2 heterocycles. The van der Waals surface area contributed by atoms with Crippen LogP contribution in [0.15, 0.2) is 17.2 Å². The summed E-state index contributed by atoms with van der Waals surface area (Å²) in [5, 5.41) is 0. The van der Waals surface area contributed by atoms with Crippen molar-refractivity contribution >= 4 is 11.9 Å². The monoisotopic (exact) mass is 224 g/mol. The summed E-state index contributed by atoms with van der Waals surface area (Å²) in [6, 6.07) is 2.15. The average Bonchev–Trinajstić information content (AvgIpc) is 2.25. The second-order valence-corrected chi connectivity index (χ2v) is 4.86. The Morgan fingerprint density at radius 3 is 2.80 bits per heavy atom. The highest BCUT2D eigenvalue weighted by Crippen LogP contribution is 2.26. The van der Waals surface area contributed by atoms with Gasteiger partial charge >= 0.3 is 0 Å². The molecule has 0 aromatic carbocycles. The number of rotatable bonds is 2. The third-order valence-corrected chi connectivity index (χ3v) is 3.65. The van der Waals surface area contributed by atoms with E-state index in [4.69, 9.17) is 4.74 Å². The van der Waals surface area contributed by atoms with Crippen molar-refractivity contribution in [2.45, 2.75) is 18.7 Å². The van der Waals surface area contributed by atoms with Gasteiger partial charge in [-0.25, -0.2) is 4.31 Å². The summed E-state index contributed by atoms with van der Waals surface area (Å²) < 4.78 is 7.68. The number of morpholine rings is 1. The third kappa shape index (κ3) is 2.93. The molecule has 15 heavy (non-hydrogen) atoms. The quantitative estimate of drug-likeness (QED) is 0.718. The average molecular weight is 224 g/mol. The molecular formula is C11H16N2OS. The lowest BCUT2D eigenvalue weighted by atomic mass is 10.3. The fraction of sp³-hybridized carbons (Fsp3) is 0.545. The van der Waals surface area contributed by atoms with Gasteiger partial charge in [0.05, 0.1) is 13.2 Å². The van der Waals surface area contributed by atoms with Crippen LogP contribution in [0.4, 0.5) is 0 Å². The van der Waals surface area contributed by atoms with Gasteiger partial charge in [-0.15, -0.1) is 0 Å². The normalized spacial score (nSPS) is 18.0. The first kappa shape index (κ1) is 10.9. The Kier molecular flexibility index (Phi) is 3.61. The van der Waals surface area contributed by atoms with Crippen LogP contribution in [0.25, 0.3) is 0 Å². The van der Waals surface area contributed by atoms with Crippen molar-refractivity contribution in [2.75, 3.05) is 26.3 Å². The number of nitrogens with zero attached hydrogens (tertiary/aromatic N) is 2. The molecule has 0 amide bonds. The van der Waals surface area contributed by atoms with Crippen LogP contribution in [-0.2, 0) is 4.74 Å². The van der Waals surface area contributed by atoms with E-state index in [1.54, 1.807) is 0 Å². The highest BCUT2D eigenvalue weighted by molar-refractivity contribution is 7.97. The minimum atomic E-state index is 0.843. The third-order valence-electron chi connectivity index (χ3n) is 2.39. The van der Waals surface area contributed by atoms with Crippen molar-refractivity contribution in [3.8, 4) is 0 Å². The van der Waals surface area contributed by atoms with Crippen LogP contribution in [-0.4, -0.2) is 35.6 Å². The van der Waals surface area contributed by atoms with E-state index in [9.17, 15) is 0 Å². The summed E-state index contributed by atoms with van der Waals surface area (Å²) in [5.41, 5.74) is 2.33. The van der Waals surface area contributed by atoms with Crippen LogP contribution in [0.1, 0.15) is 11.3 Å². The van der Waals surface area contributed by atoms with E-state index in [-0.39, 0.29) is 0 Å². The van der Waals surface area contributed by atoms with Crippen molar-refractivity contribution in [3.63, 3.8) is 0 Å². The van der Waals surface area contributed by atoms with Gasteiger partial charge in [-0.3, -0.25) is 4.98 Å². The van der Waals surface area contributed by atoms with E-state index in [2.05, 4.69) is 22.3 Å². The van der Waals surface area contributed by atoms with Crippen LogP contribution in [0, 0.1) is 13.8 Å². The number of aryl methyl sites for hydroxylation is 2. The van der Waals surface area contributed by atoms with Crippen molar-refractivity contribution in [1.29, 1.82) is 0 Å². The molecule has 0 atom stereocenters. The summed E-state index contributed by atoms with van der Waals surface area (Å²) in [4.78, 5) is 5.59. The predicted octanol–water partition coefficient (Wildman–Crippen LogP) is 2.04. The summed E-state index contributed by atoms with van der Waals surface area (Å²) in [5.74, 6) is 0. The summed E-state index contributed by atoms with van der Waals surface area (Å²) >= 11 is 1.82. The zero-order valence-corrected chi connectivity index (χ0v) is 10.0. The molecule has 0 unspecified atom stereocenters. The Hall–Kier alpha value is -0.580. The first-order valence-corrected chi connectivity index (χ1v) is 5.97. The molecule has 1 aliphatic rings. The van der Waals surface area contributed by atoms with Gasteiger partial charge in [-0.05, 0) is 37.4 Å². The number of hydrogen-bond acceptors (Lipinski definition) is 4. The van der Waals surface area contributed by atoms with E-state index < -0.39 is 0 Å². The highest BCUT2D eigenvalue weighted by atomic mass is 32.2. The molecule has 1 aromatic rings. The maximum absolute atomic E-state index is 5.32. The smallest absolute Gasteiger partial charge is 0.0603 e. The molecule has 1 saturated heterocycles. The van der Waals surface area contributed by atoms with Crippen molar-refractivity contribution < 1.29 is 4.74 Å². The Morgan fingerprint density at radius 2 is 2.07 bits per heavy atom. The van der Waals surface area contributed by atoms with Crippen molar-refractivity contribution in [3.05, 3.63) is 23.5 Å². The summed E-state index contributed by atoms with van der Waals surface area (Å²) in [6.45, 7) is 7.83. The van der Waals surface area contributed by atoms with Crippen LogP contribution in [0.5, 0.6) is 0 Å². The van der Waals surface area contributed by atoms with Gasteiger partial charge in [0.1, 0.15) is 0 Å². The number of hydrogen-bond donors (Lipinski definition) is 0. The molecule has 0 bridgehead atoms. The second kappa shape index (κ2) is 4.96. The van der Waals surface area contributed by atoms with Gasteiger partial charge in [0.25, 0.3) is 0 Å². The fourth-order valence-corrected chi connectivity index (χ4v) is 2.51. The molecule has 3 nitrogen and oxygen atoms in total. The molecule has 82 valence electrons. The molecule has 0 radical (unpaired) electrons. The number of pyridine rings is 1. The van der Waals surface area contributed by atoms with Gasteiger partial charge in [-0.1, -0.05) is 0 Å². The molecular weight excluding hydrogens is 208 g/mol. The maximum atomic E-state index is 5.32. The Labute approximate surface area is 95.0 Å². The standard InChI is InChI=1S/C11H16N2OS/c1-9-8-12-10(2)7-11(9)15-13-3-5-14-6-4-13/h7-8H,3-6H2,1-2H3. The minimum absolute atomic E-state index is 0.843. The van der Waals surface area contributed by atoms with Gasteiger partial charge in [0, 0.05) is 29.9 Å². The van der Waals surface area contributed by atoms with E-state index >= 15 is 0 Å². The second-order valence-electron chi connectivity index (χ2n) is 3.72. The highest BCUT2D eigenvalue weighted by Gasteiger charge is 2.12. The van der Waals surface area contributed by atoms with Crippen molar-refractivity contribution in [2.24, 2.45) is 0 Å². The Balaban J connectivity index is 2.05. The zero-order valence-electron chi connectivity index (χ0n) is 9.19. The van der Waals surface area contributed by atoms with Crippen LogP contribution >= 0.6 is 11.9 Å². The molecule has 1 aromatic heterocycles. The minimum Gasteiger partial charge on any atom is -0.379 e. The molecule has 0 spiro atoms. The fourth-order valence-electron chi connectivity index (χ4n) is 1.48. The zero-order chi connectivity index (χ0) is 10.7. The van der Waals surface area contributed by atoms with Gasteiger partial charge in [0.2, 0.25) is 0 Å². The van der Waals surface area contributed by atoms with Crippen LogP contribution < -0.4 is 0 Å². The Bertz CT molecular complexity index is 337. The van der Waals surface area contributed by atoms with E-state index in [1.807, 2.05) is 25.1 Å². The van der Waals surface area contributed by atoms with E-state index in [0.717, 1.165) is 32.0 Å². The largest absolute Gasteiger partial charge is 0.379 e. The number of aromatic nitrogens is 1. The predicted molar refractivity (Wildman–Crippen MR) is 62.0 cm³/mol. The molecule has 0 aliphatic carbocycles. The molecule has 2 rings (SSSR count). The molecule has 0 saturated carbocycles. The lowest BCUT2D eigenvalue weighted by molar-refractivity contribution is 0.0773. The van der Waals surface area contributed by atoms with Gasteiger partial charge < -0.3 is 4.74 Å².